The summed E-state index contributed by atoms with van der Waals surface area (Å²) in [5.41, 5.74) is 4.92. The molecule has 0 saturated heterocycles. The van der Waals surface area contributed by atoms with Crippen LogP contribution in [-0.4, -0.2) is 29.2 Å². The molecule has 0 aromatic heterocycles. The van der Waals surface area contributed by atoms with E-state index >= 15 is 0 Å². The van der Waals surface area contributed by atoms with Crippen molar-refractivity contribution < 1.29 is 0 Å². The van der Waals surface area contributed by atoms with Crippen LogP contribution in [0.1, 0.15) is 54.4 Å². The Hall–Kier alpha value is 0.134. The van der Waals surface area contributed by atoms with E-state index in [-0.39, 0.29) is 0 Å². The lowest BCUT2D eigenvalue weighted by Crippen LogP contribution is -2.44. The van der Waals surface area contributed by atoms with E-state index in [1.807, 2.05) is 0 Å². The number of hydrogen-bond acceptors (Lipinski definition) is 1. The molecule has 1 nitrogen and oxygen atoms in total. The van der Waals surface area contributed by atoms with E-state index in [1.165, 1.54) is 38.0 Å². The van der Waals surface area contributed by atoms with E-state index in [1.54, 1.807) is 0 Å². The monoisotopic (exact) mass is 341 g/mol. The van der Waals surface area contributed by atoms with Gasteiger partial charge in [-0.25, -0.2) is 0 Å². The number of unbranched alkanes of at least 4 members (excludes halogenated alkanes) is 1. The third kappa shape index (κ3) is 6.71. The second kappa shape index (κ2) is 10.1. The van der Waals surface area contributed by atoms with Crippen LogP contribution in [0.4, 0.5) is 0 Å². The predicted octanol–water partition coefficient (Wildman–Crippen LogP) is 6.47. The molecule has 0 spiro atoms. The second-order valence-corrected chi connectivity index (χ2v) is 19.8. The van der Waals surface area contributed by atoms with E-state index in [0.717, 1.165) is 16.6 Å². The van der Waals surface area contributed by atoms with Crippen molar-refractivity contribution in [2.45, 2.75) is 96.2 Å². The molecule has 22 heavy (non-hydrogen) atoms. The minimum atomic E-state index is -1.17. The van der Waals surface area contributed by atoms with Gasteiger partial charge in [-0.3, -0.25) is 0 Å². The van der Waals surface area contributed by atoms with Gasteiger partial charge in [-0.2, -0.15) is 0 Å². The van der Waals surface area contributed by atoms with E-state index < -0.39 is 16.1 Å². The highest BCUT2D eigenvalue weighted by Gasteiger charge is 2.41. The summed E-state index contributed by atoms with van der Waals surface area (Å²) in [6.07, 6.45) is 2.76. The maximum Gasteiger partial charge on any atom is 0.0722 e. The van der Waals surface area contributed by atoms with E-state index in [4.69, 9.17) is 0 Å². The van der Waals surface area contributed by atoms with Gasteiger partial charge >= 0.3 is 0 Å². The fourth-order valence-electron chi connectivity index (χ4n) is 4.18. The van der Waals surface area contributed by atoms with Gasteiger partial charge in [0.2, 0.25) is 0 Å². The van der Waals surface area contributed by atoms with Gasteiger partial charge in [-0.15, -0.1) is 12.3 Å². The second-order valence-electron chi connectivity index (χ2n) is 8.73. The standard InChI is InChI=1S/C19H43NSi2/c1-10-21(8,9)16-14-20-13-11-12-15-22(17(2)3,18(4)5)19(6)7/h10,17-20H,1,11-16H2,2-9H3. The summed E-state index contributed by atoms with van der Waals surface area (Å²) in [5, 5.41) is 3.65. The van der Waals surface area contributed by atoms with Gasteiger partial charge < -0.3 is 5.32 Å². The Balaban J connectivity index is 4.14. The Bertz CT molecular complexity index is 287. The van der Waals surface area contributed by atoms with Gasteiger partial charge in [0.25, 0.3) is 0 Å². The van der Waals surface area contributed by atoms with E-state index in [9.17, 15) is 0 Å². The molecule has 0 atom stereocenters. The number of nitrogens with one attached hydrogen (secondary N) is 1. The number of rotatable bonds is 12. The molecule has 0 unspecified atom stereocenters. The van der Waals surface area contributed by atoms with Crippen molar-refractivity contribution in [1.29, 1.82) is 0 Å². The summed E-state index contributed by atoms with van der Waals surface area (Å²) < 4.78 is 0. The first-order valence-electron chi connectivity index (χ1n) is 9.44. The fourth-order valence-corrected chi connectivity index (χ4v) is 11.8. The van der Waals surface area contributed by atoms with Crippen LogP contribution in [0.15, 0.2) is 12.3 Å². The summed E-state index contributed by atoms with van der Waals surface area (Å²) in [7, 11) is -2.28. The minimum Gasteiger partial charge on any atom is -0.317 e. The van der Waals surface area contributed by atoms with Crippen molar-refractivity contribution >= 4 is 16.1 Å². The van der Waals surface area contributed by atoms with Crippen molar-refractivity contribution in [3.8, 4) is 0 Å². The zero-order valence-corrected chi connectivity index (χ0v) is 18.8. The lowest BCUT2D eigenvalue weighted by Gasteiger charge is -2.43. The van der Waals surface area contributed by atoms with Crippen molar-refractivity contribution in [3.05, 3.63) is 12.3 Å². The summed E-state index contributed by atoms with van der Waals surface area (Å²) in [4.78, 5) is 0. The summed E-state index contributed by atoms with van der Waals surface area (Å²) in [6.45, 7) is 26.0. The predicted molar refractivity (Wildman–Crippen MR) is 110 cm³/mol. The van der Waals surface area contributed by atoms with Crippen molar-refractivity contribution in [1.82, 2.24) is 5.32 Å². The largest absolute Gasteiger partial charge is 0.317 e. The molecule has 3 heteroatoms. The lowest BCUT2D eigenvalue weighted by molar-refractivity contribution is 0.647. The molecule has 0 aliphatic heterocycles. The molecular weight excluding hydrogens is 298 g/mol. The first-order chi connectivity index (χ1) is 10.1. The molecule has 132 valence electrons. The SMILES string of the molecule is C=C[Si](C)(C)CCNCCCC[Si](C(C)C)(C(C)C)C(C)C. The highest BCUT2D eigenvalue weighted by molar-refractivity contribution is 6.83. The first kappa shape index (κ1) is 22.1. The van der Waals surface area contributed by atoms with Crippen LogP contribution in [0.3, 0.4) is 0 Å². The molecule has 0 aliphatic rings. The van der Waals surface area contributed by atoms with Crippen molar-refractivity contribution in [2.24, 2.45) is 0 Å². The van der Waals surface area contributed by atoms with Gasteiger partial charge in [0.05, 0.1) is 16.1 Å². The molecule has 0 aromatic rings. The minimum absolute atomic E-state index is 0.903. The third-order valence-electron chi connectivity index (χ3n) is 5.94. The molecule has 0 saturated carbocycles. The summed E-state index contributed by atoms with van der Waals surface area (Å²) in [6, 6.07) is 2.83. The van der Waals surface area contributed by atoms with Crippen molar-refractivity contribution in [2.75, 3.05) is 13.1 Å². The maximum atomic E-state index is 3.98. The molecule has 0 amide bonds. The fraction of sp³-hybridized carbons (Fsp3) is 0.895. The van der Waals surface area contributed by atoms with Gasteiger partial charge in [-0.1, -0.05) is 83.7 Å². The highest BCUT2D eigenvalue weighted by atomic mass is 28.3. The molecule has 0 fully saturated rings. The quantitative estimate of drug-likeness (QED) is 0.317. The Labute approximate surface area is 143 Å². The van der Waals surface area contributed by atoms with Crippen LogP contribution in [0.2, 0.25) is 41.8 Å². The smallest absolute Gasteiger partial charge is 0.0722 e. The maximum absolute atomic E-state index is 3.98. The lowest BCUT2D eigenvalue weighted by atomic mass is 10.3. The first-order valence-corrected chi connectivity index (χ1v) is 15.2. The molecule has 0 aliphatic carbocycles. The number of hydrogen-bond donors (Lipinski definition) is 1. The van der Waals surface area contributed by atoms with Gasteiger partial charge in [0.15, 0.2) is 0 Å². The Morgan fingerprint density at radius 2 is 1.32 bits per heavy atom. The molecule has 0 rings (SSSR count). The summed E-state index contributed by atoms with van der Waals surface area (Å²) >= 11 is 0. The molecule has 1 N–H and O–H groups in total. The Kier molecular flexibility index (Phi) is 10.2. The molecular formula is C19H43NSi2. The van der Waals surface area contributed by atoms with Crippen LogP contribution in [-0.2, 0) is 0 Å². The average molecular weight is 342 g/mol. The normalized spacial score (nSPS) is 13.4. The van der Waals surface area contributed by atoms with Crippen molar-refractivity contribution in [3.63, 3.8) is 0 Å². The van der Waals surface area contributed by atoms with E-state index in [2.05, 4.69) is 72.2 Å². The molecule has 0 radical (unpaired) electrons. The Morgan fingerprint density at radius 3 is 1.73 bits per heavy atom. The third-order valence-corrected chi connectivity index (χ3v) is 16.2. The molecule has 0 aromatic carbocycles. The summed E-state index contributed by atoms with van der Waals surface area (Å²) in [5.74, 6) is 0. The van der Waals surface area contributed by atoms with Crippen LogP contribution in [0.25, 0.3) is 0 Å². The van der Waals surface area contributed by atoms with Crippen LogP contribution in [0.5, 0.6) is 0 Å². The average Bonchev–Trinajstić information content (AvgIpc) is 2.40. The van der Waals surface area contributed by atoms with E-state index in [0.29, 0.717) is 0 Å². The van der Waals surface area contributed by atoms with Gasteiger partial charge in [0, 0.05) is 0 Å². The van der Waals surface area contributed by atoms with Crippen LogP contribution in [0, 0.1) is 0 Å². The zero-order valence-electron chi connectivity index (χ0n) is 16.8. The topological polar surface area (TPSA) is 12.0 Å². The Morgan fingerprint density at radius 1 is 0.818 bits per heavy atom. The highest BCUT2D eigenvalue weighted by Crippen LogP contribution is 2.45. The van der Waals surface area contributed by atoms with Gasteiger partial charge in [0.1, 0.15) is 0 Å². The zero-order chi connectivity index (χ0) is 17.4. The molecule has 0 bridgehead atoms. The molecule has 0 heterocycles. The van der Waals surface area contributed by atoms with Gasteiger partial charge in [-0.05, 0) is 25.6 Å². The van der Waals surface area contributed by atoms with Crippen LogP contribution >= 0.6 is 0 Å². The van der Waals surface area contributed by atoms with Crippen LogP contribution < -0.4 is 5.32 Å².